The number of ether oxygens (including phenoxy) is 1. The molecule has 0 spiro atoms. The first-order valence-electron chi connectivity index (χ1n) is 7.13. The zero-order valence-electron chi connectivity index (χ0n) is 13.5. The van der Waals surface area contributed by atoms with E-state index >= 15 is 0 Å². The Bertz CT molecular complexity index is 938. The van der Waals surface area contributed by atoms with Crippen molar-refractivity contribution >= 4 is 32.6 Å². The van der Waals surface area contributed by atoms with Crippen LogP contribution in [0.3, 0.4) is 0 Å². The molecule has 1 aliphatic heterocycles. The number of phosphoric ester groups is 1. The third-order valence-electron chi connectivity index (χ3n) is 3.56. The summed E-state index contributed by atoms with van der Waals surface area (Å²) >= 11 is 0. The number of nitrogen functional groups attached to an aromatic ring is 1. The van der Waals surface area contributed by atoms with Gasteiger partial charge in [-0.05, 0) is 0 Å². The number of nitrogens with zero attached hydrogens (tertiary/aromatic N) is 4. The molecule has 2 aromatic heterocycles. The van der Waals surface area contributed by atoms with Crippen molar-refractivity contribution in [2.24, 2.45) is 0 Å². The molecular weight excluding hydrogens is 464 g/mol. The van der Waals surface area contributed by atoms with E-state index in [4.69, 9.17) is 20.3 Å². The summed E-state index contributed by atoms with van der Waals surface area (Å²) in [6, 6.07) is 0. The molecule has 1 fully saturated rings. The molecule has 3 heterocycles. The number of aromatic nitrogens is 4. The third-order valence-corrected chi connectivity index (χ3v) is 5.71. The van der Waals surface area contributed by atoms with Gasteiger partial charge in [-0.25, -0.2) is 24.1 Å². The first-order valence-corrected chi connectivity index (χ1v) is 10.2. The molecule has 1 saturated heterocycles. The van der Waals surface area contributed by atoms with Gasteiger partial charge in [0.15, 0.2) is 11.5 Å². The molecule has 15 nitrogen and oxygen atoms in total. The second kappa shape index (κ2) is 8.41. The molecule has 0 aromatic carbocycles. The number of phosphoric acid groups is 2. The Morgan fingerprint density at radius 1 is 1.21 bits per heavy atom. The van der Waals surface area contributed by atoms with Gasteiger partial charge in [0, 0.05) is 0 Å². The fourth-order valence-electron chi connectivity index (χ4n) is 2.45. The van der Waals surface area contributed by atoms with E-state index in [1.54, 1.807) is 0 Å². The zero-order valence-corrected chi connectivity index (χ0v) is 16.6. The van der Waals surface area contributed by atoms with Gasteiger partial charge < -0.3 is 35.4 Å². The normalized spacial score (nSPS) is 27.5. The molecule has 2 aromatic rings. The van der Waals surface area contributed by atoms with Crippen molar-refractivity contribution in [2.75, 3.05) is 12.3 Å². The van der Waals surface area contributed by atoms with Gasteiger partial charge in [0.1, 0.15) is 18.1 Å². The van der Waals surface area contributed by atoms with Crippen LogP contribution in [0.25, 0.3) is 11.2 Å². The number of imidazole rings is 1. The summed E-state index contributed by atoms with van der Waals surface area (Å²) in [7, 11) is -10.5. The SMILES string of the molecule is Nc1ncnc2c1ncn2[C@@H]1O[C@H](COP(=O)(O)OP(=O)(O)O)[C@@H]([O-])[C@H]1[O-].[Cr+3]. The summed E-state index contributed by atoms with van der Waals surface area (Å²) in [4.78, 5) is 37.9. The summed E-state index contributed by atoms with van der Waals surface area (Å²) < 4.78 is 36.4. The van der Waals surface area contributed by atoms with E-state index in [1.807, 2.05) is 0 Å². The number of anilines is 1. The molecule has 3 rings (SSSR count). The quantitative estimate of drug-likeness (QED) is 0.303. The van der Waals surface area contributed by atoms with E-state index in [9.17, 15) is 24.2 Å². The number of rotatable bonds is 6. The van der Waals surface area contributed by atoms with Crippen LogP contribution in [0.1, 0.15) is 6.23 Å². The minimum atomic E-state index is -5.32. The Labute approximate surface area is 167 Å². The number of hydrogen-bond donors (Lipinski definition) is 4. The minimum Gasteiger partial charge on any atom is -0.851 e. The Morgan fingerprint density at radius 2 is 1.89 bits per heavy atom. The molecule has 0 saturated carbocycles. The molecule has 1 aliphatic rings. The van der Waals surface area contributed by atoms with Gasteiger partial charge >= 0.3 is 33.0 Å². The monoisotopic (exact) mass is 477 g/mol. The van der Waals surface area contributed by atoms with E-state index in [0.29, 0.717) is 0 Å². The predicted octanol–water partition coefficient (Wildman–Crippen LogP) is -3.01. The fourth-order valence-corrected chi connectivity index (χ4v) is 4.05. The molecule has 28 heavy (non-hydrogen) atoms. The van der Waals surface area contributed by atoms with E-state index in [-0.39, 0.29) is 34.3 Å². The Hall–Kier alpha value is -0.978. The summed E-state index contributed by atoms with van der Waals surface area (Å²) in [5, 5.41) is 24.4. The molecular formula is C10H13CrN5O10P2+. The molecule has 0 bridgehead atoms. The van der Waals surface area contributed by atoms with Crippen molar-refractivity contribution in [3.8, 4) is 0 Å². The van der Waals surface area contributed by atoms with Crippen molar-refractivity contribution in [1.29, 1.82) is 0 Å². The number of hydrogen-bond acceptors (Lipinski definition) is 11. The molecule has 1 radical (unpaired) electrons. The Balaban J connectivity index is 0.00000280. The van der Waals surface area contributed by atoms with Crippen LogP contribution in [0.2, 0.25) is 0 Å². The average Bonchev–Trinajstić information content (AvgIpc) is 3.07. The molecule has 18 heteroatoms. The van der Waals surface area contributed by atoms with Crippen molar-refractivity contribution in [3.63, 3.8) is 0 Å². The fraction of sp³-hybridized carbons (Fsp3) is 0.500. The Morgan fingerprint density at radius 3 is 2.54 bits per heavy atom. The van der Waals surface area contributed by atoms with E-state index in [1.165, 1.54) is 10.9 Å². The average molecular weight is 477 g/mol. The van der Waals surface area contributed by atoms with Crippen LogP contribution in [-0.4, -0.2) is 59.1 Å². The molecule has 0 amide bonds. The van der Waals surface area contributed by atoms with E-state index in [2.05, 4.69) is 23.8 Å². The Kier molecular flexibility index (Phi) is 7.00. The van der Waals surface area contributed by atoms with Crippen molar-refractivity contribution in [1.82, 2.24) is 19.5 Å². The van der Waals surface area contributed by atoms with Gasteiger partial charge in [0.2, 0.25) is 0 Å². The van der Waals surface area contributed by atoms with Crippen LogP contribution in [0.4, 0.5) is 5.82 Å². The standard InChI is InChI=1S/C10H13N5O10P2.Cr/c11-8-5-9(13-2-12-8)15(3-14-5)10-7(17)6(16)4(24-10)1-23-27(21,22)25-26(18,19)20;/h2-4,6-7,10H,1H2,(H,21,22)(H2,11,12,13)(H2,18,19,20);/q-2;+3/t4-,6-,7-,10-;/m1./s1. The number of fused-ring (bicyclic) bond motifs is 1. The second-order valence-electron chi connectivity index (χ2n) is 5.41. The topological polar surface area (TPSA) is 238 Å². The van der Waals surface area contributed by atoms with Crippen LogP contribution < -0.4 is 15.9 Å². The smallest absolute Gasteiger partial charge is 0.851 e. The third kappa shape index (κ3) is 4.95. The molecule has 5 atom stereocenters. The van der Waals surface area contributed by atoms with Crippen molar-refractivity contribution in [2.45, 2.75) is 24.5 Å². The first kappa shape index (κ1) is 23.3. The minimum absolute atomic E-state index is 0. The van der Waals surface area contributed by atoms with Crippen LogP contribution in [0, 0.1) is 0 Å². The maximum Gasteiger partial charge on any atom is 3.00 e. The summed E-state index contributed by atoms with van der Waals surface area (Å²) in [5.41, 5.74) is 5.96. The van der Waals surface area contributed by atoms with Gasteiger partial charge in [-0.3, -0.25) is 9.09 Å². The maximum atomic E-state index is 12.3. The van der Waals surface area contributed by atoms with Crippen LogP contribution in [-0.2, 0) is 40.1 Å². The van der Waals surface area contributed by atoms with Crippen molar-refractivity contribution in [3.05, 3.63) is 12.7 Å². The predicted molar refractivity (Wildman–Crippen MR) is 80.1 cm³/mol. The molecule has 5 N–H and O–H groups in total. The largest absolute Gasteiger partial charge is 3.00 e. The first-order chi connectivity index (χ1) is 12.5. The number of nitrogens with two attached hydrogens (primary N) is 1. The maximum absolute atomic E-state index is 12.3. The van der Waals surface area contributed by atoms with Gasteiger partial charge in [-0.15, -0.1) is 6.10 Å². The van der Waals surface area contributed by atoms with E-state index < -0.39 is 46.8 Å². The van der Waals surface area contributed by atoms with Crippen molar-refractivity contribution < 1.29 is 65.0 Å². The molecule has 0 aliphatic carbocycles. The molecule has 1 unspecified atom stereocenters. The second-order valence-corrected chi connectivity index (χ2v) is 8.24. The van der Waals surface area contributed by atoms with Gasteiger partial charge in [0.05, 0.1) is 19.0 Å². The van der Waals surface area contributed by atoms with Crippen LogP contribution in [0.15, 0.2) is 12.7 Å². The van der Waals surface area contributed by atoms with Gasteiger partial charge in [0.25, 0.3) is 0 Å². The van der Waals surface area contributed by atoms with Gasteiger partial charge in [-0.1, -0.05) is 6.10 Å². The summed E-state index contributed by atoms with van der Waals surface area (Å²) in [6.07, 6.45) is -4.37. The van der Waals surface area contributed by atoms with Crippen LogP contribution in [0.5, 0.6) is 0 Å². The van der Waals surface area contributed by atoms with Gasteiger partial charge in [-0.2, -0.15) is 4.31 Å². The van der Waals surface area contributed by atoms with Crippen LogP contribution >= 0.6 is 15.6 Å². The zero-order chi connectivity index (χ0) is 20.0. The summed E-state index contributed by atoms with van der Waals surface area (Å²) in [5.74, 6) is 0.0496. The molecule has 153 valence electrons. The summed E-state index contributed by atoms with van der Waals surface area (Å²) in [6.45, 7) is -0.916. The van der Waals surface area contributed by atoms with E-state index in [0.717, 1.165) is 6.33 Å².